The Morgan fingerprint density at radius 2 is 1.35 bits per heavy atom. The fourth-order valence-electron chi connectivity index (χ4n) is 1.42. The van der Waals surface area contributed by atoms with E-state index in [1.807, 2.05) is 41.5 Å². The maximum Gasteiger partial charge on any atom is 0.324 e. The maximum absolute atomic E-state index is 12.2. The highest BCUT2D eigenvalue weighted by Crippen LogP contribution is 2.24. The molecule has 102 valence electrons. The van der Waals surface area contributed by atoms with Crippen LogP contribution in [0.2, 0.25) is 0 Å². The van der Waals surface area contributed by atoms with Crippen LogP contribution in [0.15, 0.2) is 0 Å². The minimum absolute atomic E-state index is 0.116. The third kappa shape index (κ3) is 7.37. The van der Waals surface area contributed by atoms with Crippen LogP contribution in [0.1, 0.15) is 62.3 Å². The second-order valence-corrected chi connectivity index (χ2v) is 7.73. The van der Waals surface area contributed by atoms with E-state index in [-0.39, 0.29) is 23.0 Å². The molecule has 0 bridgehead atoms. The summed E-state index contributed by atoms with van der Waals surface area (Å²) in [6.07, 6.45) is 0. The van der Waals surface area contributed by atoms with Crippen molar-refractivity contribution in [3.8, 4) is 0 Å². The number of esters is 1. The van der Waals surface area contributed by atoms with E-state index < -0.39 is 5.60 Å². The molecule has 0 heterocycles. The number of carbonyl (C=O) groups is 1. The number of rotatable bonds is 2. The van der Waals surface area contributed by atoms with Gasteiger partial charge in [-0.15, -0.1) is 0 Å². The number of nitrogens with one attached hydrogen (secondary N) is 1. The highest BCUT2D eigenvalue weighted by Gasteiger charge is 2.36. The third-order valence-electron chi connectivity index (χ3n) is 2.09. The van der Waals surface area contributed by atoms with Crippen molar-refractivity contribution in [1.82, 2.24) is 5.32 Å². The molecule has 0 aliphatic carbocycles. The smallest absolute Gasteiger partial charge is 0.324 e. The second kappa shape index (κ2) is 4.97. The number of hydrogen-bond donors (Lipinski definition) is 1. The summed E-state index contributed by atoms with van der Waals surface area (Å²) in [5.41, 5.74) is -0.732. The van der Waals surface area contributed by atoms with E-state index in [9.17, 15) is 4.79 Å². The first-order valence-corrected chi connectivity index (χ1v) is 6.23. The fraction of sp³-hybridized carbons (Fsp3) is 0.929. The third-order valence-corrected chi connectivity index (χ3v) is 2.09. The molecular weight excluding hydrogens is 214 g/mol. The van der Waals surface area contributed by atoms with Crippen molar-refractivity contribution in [3.63, 3.8) is 0 Å². The summed E-state index contributed by atoms with van der Waals surface area (Å²) >= 11 is 0. The van der Waals surface area contributed by atoms with Crippen molar-refractivity contribution >= 4 is 5.97 Å². The first kappa shape index (κ1) is 16.4. The van der Waals surface area contributed by atoms with Crippen molar-refractivity contribution in [2.24, 2.45) is 5.41 Å². The molecule has 0 fully saturated rings. The molecule has 0 aliphatic heterocycles. The molecule has 0 saturated carbocycles. The molecule has 0 aromatic carbocycles. The van der Waals surface area contributed by atoms with Crippen LogP contribution >= 0.6 is 0 Å². The van der Waals surface area contributed by atoms with Gasteiger partial charge in [0.05, 0.1) is 0 Å². The van der Waals surface area contributed by atoms with Crippen LogP contribution in [0.5, 0.6) is 0 Å². The van der Waals surface area contributed by atoms with Gasteiger partial charge < -0.3 is 4.74 Å². The zero-order valence-electron chi connectivity index (χ0n) is 12.9. The van der Waals surface area contributed by atoms with Gasteiger partial charge in [-0.1, -0.05) is 20.8 Å². The average Bonchev–Trinajstić information content (AvgIpc) is 1.92. The standard InChI is InChI=1S/C14H29NO2/c1-12(2,3)10(15-13(4,5)6)11(16)17-14(7,8)9/h10,15H,1-9H3/t10-/m0/s1. The first-order chi connectivity index (χ1) is 7.22. The molecule has 3 nitrogen and oxygen atoms in total. The second-order valence-electron chi connectivity index (χ2n) is 7.73. The lowest BCUT2D eigenvalue weighted by molar-refractivity contribution is -0.161. The Bertz CT molecular complexity index is 263. The van der Waals surface area contributed by atoms with Crippen LogP contribution in [-0.4, -0.2) is 23.2 Å². The number of carbonyl (C=O) groups excluding carboxylic acids is 1. The quantitative estimate of drug-likeness (QED) is 0.757. The van der Waals surface area contributed by atoms with Gasteiger partial charge in [0.15, 0.2) is 0 Å². The lowest BCUT2D eigenvalue weighted by Gasteiger charge is -2.37. The molecule has 0 aromatic heterocycles. The molecule has 0 unspecified atom stereocenters. The van der Waals surface area contributed by atoms with Crippen molar-refractivity contribution < 1.29 is 9.53 Å². The van der Waals surface area contributed by atoms with Crippen LogP contribution in [-0.2, 0) is 9.53 Å². The molecule has 1 N–H and O–H groups in total. The molecule has 0 rings (SSSR count). The zero-order chi connectivity index (χ0) is 14.1. The summed E-state index contributed by atoms with van der Waals surface area (Å²) in [6, 6.07) is -0.304. The molecule has 0 spiro atoms. The monoisotopic (exact) mass is 243 g/mol. The highest BCUT2D eigenvalue weighted by molar-refractivity contribution is 5.77. The molecule has 0 radical (unpaired) electrons. The van der Waals surface area contributed by atoms with E-state index in [4.69, 9.17) is 4.74 Å². The Balaban J connectivity index is 4.90. The minimum Gasteiger partial charge on any atom is -0.459 e. The molecule has 17 heavy (non-hydrogen) atoms. The fourth-order valence-corrected chi connectivity index (χ4v) is 1.42. The van der Waals surface area contributed by atoms with Crippen molar-refractivity contribution in [1.29, 1.82) is 0 Å². The summed E-state index contributed by atoms with van der Waals surface area (Å²) in [4.78, 5) is 12.2. The van der Waals surface area contributed by atoms with Gasteiger partial charge in [-0.25, -0.2) is 0 Å². The SMILES string of the molecule is CC(C)(C)N[C@@H](C(=O)OC(C)(C)C)C(C)(C)C. The van der Waals surface area contributed by atoms with Gasteiger partial charge in [-0.3, -0.25) is 10.1 Å². The van der Waals surface area contributed by atoms with Crippen LogP contribution in [0.4, 0.5) is 0 Å². The van der Waals surface area contributed by atoms with Gasteiger partial charge in [0.25, 0.3) is 0 Å². The summed E-state index contributed by atoms with van der Waals surface area (Å²) in [6.45, 7) is 18.0. The van der Waals surface area contributed by atoms with Gasteiger partial charge in [0.1, 0.15) is 11.6 Å². The molecule has 0 amide bonds. The predicted molar refractivity (Wildman–Crippen MR) is 72.0 cm³/mol. The van der Waals surface area contributed by atoms with Gasteiger partial charge in [0.2, 0.25) is 0 Å². The number of ether oxygens (including phenoxy) is 1. The molecule has 1 atom stereocenters. The van der Waals surface area contributed by atoms with E-state index in [2.05, 4.69) is 26.1 Å². The first-order valence-electron chi connectivity index (χ1n) is 6.23. The predicted octanol–water partition coefficient (Wildman–Crippen LogP) is 3.13. The normalized spacial score (nSPS) is 15.6. The van der Waals surface area contributed by atoms with Crippen LogP contribution in [0.25, 0.3) is 0 Å². The van der Waals surface area contributed by atoms with E-state index in [1.54, 1.807) is 0 Å². The maximum atomic E-state index is 12.2. The van der Waals surface area contributed by atoms with Crippen LogP contribution in [0.3, 0.4) is 0 Å². The molecular formula is C14H29NO2. The lowest BCUT2D eigenvalue weighted by atomic mass is 9.85. The Labute approximate surface area is 106 Å². The van der Waals surface area contributed by atoms with E-state index >= 15 is 0 Å². The Morgan fingerprint density at radius 3 is 1.59 bits per heavy atom. The molecule has 0 saturated heterocycles. The van der Waals surface area contributed by atoms with E-state index in [0.29, 0.717) is 0 Å². The molecule has 3 heteroatoms. The summed E-state index contributed by atoms with van der Waals surface area (Å²) < 4.78 is 5.47. The van der Waals surface area contributed by atoms with Crippen molar-refractivity contribution in [2.45, 2.75) is 79.5 Å². The van der Waals surface area contributed by atoms with E-state index in [0.717, 1.165) is 0 Å². The summed E-state index contributed by atoms with van der Waals surface area (Å²) in [5.74, 6) is -0.181. The van der Waals surface area contributed by atoms with Crippen molar-refractivity contribution in [2.75, 3.05) is 0 Å². The Morgan fingerprint density at radius 1 is 0.941 bits per heavy atom. The van der Waals surface area contributed by atoms with Gasteiger partial charge >= 0.3 is 5.97 Å². The zero-order valence-corrected chi connectivity index (χ0v) is 12.9. The lowest BCUT2D eigenvalue weighted by Crippen LogP contribution is -2.55. The molecule has 0 aliphatic rings. The largest absolute Gasteiger partial charge is 0.459 e. The molecule has 0 aromatic rings. The van der Waals surface area contributed by atoms with Gasteiger partial charge in [0, 0.05) is 5.54 Å². The number of hydrogen-bond acceptors (Lipinski definition) is 3. The Kier molecular flexibility index (Phi) is 4.80. The van der Waals surface area contributed by atoms with Gasteiger partial charge in [-0.05, 0) is 47.0 Å². The highest BCUT2D eigenvalue weighted by atomic mass is 16.6. The van der Waals surface area contributed by atoms with Crippen molar-refractivity contribution in [3.05, 3.63) is 0 Å². The summed E-state index contributed by atoms with van der Waals surface area (Å²) in [5, 5.41) is 3.34. The average molecular weight is 243 g/mol. The summed E-state index contributed by atoms with van der Waals surface area (Å²) in [7, 11) is 0. The Hall–Kier alpha value is -0.570. The topological polar surface area (TPSA) is 38.3 Å². The van der Waals surface area contributed by atoms with Crippen LogP contribution < -0.4 is 5.32 Å². The van der Waals surface area contributed by atoms with Gasteiger partial charge in [-0.2, -0.15) is 0 Å². The van der Waals surface area contributed by atoms with Crippen LogP contribution in [0, 0.1) is 5.41 Å². The van der Waals surface area contributed by atoms with E-state index in [1.165, 1.54) is 0 Å². The minimum atomic E-state index is -0.444.